The summed E-state index contributed by atoms with van der Waals surface area (Å²) in [5, 5.41) is 11.3. The Kier molecular flexibility index (Phi) is 16.2. The highest BCUT2D eigenvalue weighted by Crippen LogP contribution is 2.23. The van der Waals surface area contributed by atoms with E-state index in [9.17, 15) is 9.90 Å². The summed E-state index contributed by atoms with van der Waals surface area (Å²) in [5.74, 6) is 1.83. The average Bonchev–Trinajstić information content (AvgIpc) is 2.82. The molecule has 2 rings (SSSR count). The number of carbonyl (C=O) groups is 1. The van der Waals surface area contributed by atoms with Gasteiger partial charge in [0.1, 0.15) is 5.75 Å². The molecule has 2 unspecified atom stereocenters. The van der Waals surface area contributed by atoms with E-state index in [-0.39, 0.29) is 11.7 Å². The minimum atomic E-state index is -0.365. The van der Waals surface area contributed by atoms with Crippen LogP contribution in [0.3, 0.4) is 0 Å². The molecule has 0 aliphatic heterocycles. The van der Waals surface area contributed by atoms with Gasteiger partial charge < -0.3 is 9.84 Å². The van der Waals surface area contributed by atoms with Gasteiger partial charge in [0.15, 0.2) is 0 Å². The summed E-state index contributed by atoms with van der Waals surface area (Å²) in [7, 11) is 0. The van der Waals surface area contributed by atoms with E-state index in [0.29, 0.717) is 18.6 Å². The number of hydrogen-bond donors (Lipinski definition) is 1. The number of hydrogen-bond acceptors (Lipinski definition) is 3. The zero-order valence-electron chi connectivity index (χ0n) is 22.3. The van der Waals surface area contributed by atoms with E-state index in [4.69, 9.17) is 4.74 Å². The summed E-state index contributed by atoms with van der Waals surface area (Å²) in [6, 6.07) is 13.1. The maximum Gasteiger partial charge on any atom is 0.333 e. The number of carbonyl (C=O) groups excluding carboxylic acids is 1. The van der Waals surface area contributed by atoms with E-state index >= 15 is 0 Å². The lowest BCUT2D eigenvalue weighted by atomic mass is 9.86. The minimum Gasteiger partial charge on any atom is -0.508 e. The molecule has 1 N–H and O–H groups in total. The Balaban J connectivity index is 0.000000519. The quantitative estimate of drug-likeness (QED) is 0.329. The number of ether oxygens (including phenoxy) is 1. The lowest BCUT2D eigenvalue weighted by molar-refractivity contribution is -0.138. The Morgan fingerprint density at radius 2 is 1.62 bits per heavy atom. The molecule has 0 fully saturated rings. The largest absolute Gasteiger partial charge is 0.508 e. The van der Waals surface area contributed by atoms with Gasteiger partial charge in [-0.1, -0.05) is 110 Å². The molecule has 0 bridgehead atoms. The van der Waals surface area contributed by atoms with Crippen molar-refractivity contribution in [2.24, 2.45) is 11.8 Å². The van der Waals surface area contributed by atoms with Gasteiger partial charge in [0.25, 0.3) is 0 Å². The molecule has 0 aliphatic carbocycles. The lowest BCUT2D eigenvalue weighted by Crippen LogP contribution is -2.19. The summed E-state index contributed by atoms with van der Waals surface area (Å²) in [6.45, 7) is 24.1. The Labute approximate surface area is 207 Å². The van der Waals surface area contributed by atoms with Gasteiger partial charge in [0, 0.05) is 12.0 Å². The minimum absolute atomic E-state index is 0.280. The Hall–Kier alpha value is -2.81. The number of rotatable bonds is 9. The van der Waals surface area contributed by atoms with Crippen LogP contribution in [0.2, 0.25) is 0 Å². The van der Waals surface area contributed by atoms with Crippen LogP contribution in [0.5, 0.6) is 5.75 Å². The number of aryl methyl sites for hydroxylation is 1. The molecule has 34 heavy (non-hydrogen) atoms. The summed E-state index contributed by atoms with van der Waals surface area (Å²) in [6.07, 6.45) is 6.12. The summed E-state index contributed by atoms with van der Waals surface area (Å²) in [5.41, 5.74) is 2.26. The van der Waals surface area contributed by atoms with E-state index in [2.05, 4.69) is 47.4 Å². The molecule has 0 saturated carbocycles. The van der Waals surface area contributed by atoms with Crippen molar-refractivity contribution in [2.45, 2.75) is 73.6 Å². The normalized spacial score (nSPS) is 11.7. The van der Waals surface area contributed by atoms with Gasteiger partial charge in [-0.3, -0.25) is 0 Å². The van der Waals surface area contributed by atoms with E-state index in [0.717, 1.165) is 33.4 Å². The lowest BCUT2D eigenvalue weighted by Gasteiger charge is -2.20. The molecular weight excluding hydrogens is 420 g/mol. The maximum absolute atomic E-state index is 11.1. The number of phenolic OH excluding ortho intramolecular Hbond substituents is 1. The smallest absolute Gasteiger partial charge is 0.333 e. The highest BCUT2D eigenvalue weighted by Gasteiger charge is 2.11. The SMILES string of the molecule is C=C(C)C(=O)OCCc1ccc(O)c(C)c1.C=c1ccccc1=C.CCCC(CC)C(C)CC. The van der Waals surface area contributed by atoms with Crippen molar-refractivity contribution < 1.29 is 14.6 Å². The van der Waals surface area contributed by atoms with Gasteiger partial charge in [-0.05, 0) is 53.3 Å². The third-order valence-corrected chi connectivity index (χ3v) is 5.98. The first kappa shape index (κ1) is 31.2. The molecule has 3 heteroatoms. The fourth-order valence-electron chi connectivity index (χ4n) is 3.41. The summed E-state index contributed by atoms with van der Waals surface area (Å²) >= 11 is 0. The van der Waals surface area contributed by atoms with Gasteiger partial charge in [0.05, 0.1) is 6.61 Å². The predicted molar refractivity (Wildman–Crippen MR) is 147 cm³/mol. The molecule has 0 radical (unpaired) electrons. The van der Waals surface area contributed by atoms with Crippen molar-refractivity contribution in [1.82, 2.24) is 0 Å². The zero-order chi connectivity index (χ0) is 26.1. The van der Waals surface area contributed by atoms with Gasteiger partial charge in [-0.2, -0.15) is 0 Å². The van der Waals surface area contributed by atoms with E-state index in [1.807, 2.05) is 43.3 Å². The standard InChI is InChI=1S/C13H16O3.C10H22.C8H8/c1-9(2)13(15)16-7-6-11-4-5-12(14)10(3)8-11;1-5-8-10(7-3)9(4)6-2;1-7-5-3-4-6-8(7)2/h4-5,8,14H,1,6-7H2,2-3H3;9-10H,5-8H2,1-4H3;3-6H,1-2H2. The van der Waals surface area contributed by atoms with Crippen LogP contribution >= 0.6 is 0 Å². The van der Waals surface area contributed by atoms with Crippen LogP contribution < -0.4 is 10.4 Å². The van der Waals surface area contributed by atoms with Gasteiger partial charge in [0.2, 0.25) is 0 Å². The van der Waals surface area contributed by atoms with Crippen LogP contribution in [0, 0.1) is 18.8 Å². The summed E-state index contributed by atoms with van der Waals surface area (Å²) in [4.78, 5) is 11.1. The fourth-order valence-corrected chi connectivity index (χ4v) is 3.41. The van der Waals surface area contributed by atoms with Crippen molar-refractivity contribution in [3.8, 4) is 5.75 Å². The van der Waals surface area contributed by atoms with E-state index < -0.39 is 0 Å². The first-order valence-corrected chi connectivity index (χ1v) is 12.4. The number of benzene rings is 2. The molecule has 0 saturated heterocycles. The molecular formula is C31H46O3. The van der Waals surface area contributed by atoms with Crippen LogP contribution in [-0.2, 0) is 16.0 Å². The van der Waals surface area contributed by atoms with Gasteiger partial charge in [-0.15, -0.1) is 0 Å². The third kappa shape index (κ3) is 13.0. The van der Waals surface area contributed by atoms with Crippen molar-refractivity contribution in [1.29, 1.82) is 0 Å². The second-order valence-corrected chi connectivity index (χ2v) is 8.90. The van der Waals surface area contributed by atoms with Crippen molar-refractivity contribution in [2.75, 3.05) is 6.61 Å². The van der Waals surface area contributed by atoms with Gasteiger partial charge >= 0.3 is 5.97 Å². The van der Waals surface area contributed by atoms with E-state index in [1.165, 1.54) is 25.7 Å². The van der Waals surface area contributed by atoms with Crippen LogP contribution in [0.4, 0.5) is 0 Å². The van der Waals surface area contributed by atoms with Crippen molar-refractivity contribution >= 4 is 19.1 Å². The average molecular weight is 467 g/mol. The second kappa shape index (κ2) is 17.6. The summed E-state index contributed by atoms with van der Waals surface area (Å²) < 4.78 is 4.98. The van der Waals surface area contributed by atoms with Gasteiger partial charge in [-0.25, -0.2) is 4.79 Å². The van der Waals surface area contributed by atoms with Crippen molar-refractivity contribution in [3.63, 3.8) is 0 Å². The molecule has 0 spiro atoms. The molecule has 188 valence electrons. The van der Waals surface area contributed by atoms with Crippen LogP contribution in [0.25, 0.3) is 13.2 Å². The Morgan fingerprint density at radius 3 is 2.03 bits per heavy atom. The first-order valence-electron chi connectivity index (χ1n) is 12.4. The first-order chi connectivity index (χ1) is 16.1. The number of aromatic hydroxyl groups is 1. The Bertz CT molecular complexity index is 932. The monoisotopic (exact) mass is 466 g/mol. The van der Waals surface area contributed by atoms with Crippen LogP contribution in [-0.4, -0.2) is 17.7 Å². The van der Waals surface area contributed by atoms with Crippen LogP contribution in [0.15, 0.2) is 54.6 Å². The zero-order valence-corrected chi connectivity index (χ0v) is 22.3. The predicted octanol–water partition coefficient (Wildman–Crippen LogP) is 6.73. The molecule has 0 aliphatic rings. The number of phenols is 1. The molecule has 2 atom stereocenters. The second-order valence-electron chi connectivity index (χ2n) is 8.90. The number of esters is 1. The molecule has 0 heterocycles. The van der Waals surface area contributed by atoms with Crippen molar-refractivity contribution in [3.05, 3.63) is 76.2 Å². The molecule has 3 nitrogen and oxygen atoms in total. The Morgan fingerprint density at radius 1 is 1.03 bits per heavy atom. The molecule has 2 aromatic rings. The highest BCUT2D eigenvalue weighted by molar-refractivity contribution is 5.86. The molecule has 2 aromatic carbocycles. The van der Waals surface area contributed by atoms with E-state index in [1.54, 1.807) is 13.0 Å². The third-order valence-electron chi connectivity index (χ3n) is 5.98. The fraction of sp³-hybridized carbons (Fsp3) is 0.452. The molecule has 0 amide bonds. The molecule has 0 aromatic heterocycles. The highest BCUT2D eigenvalue weighted by atomic mass is 16.5. The topological polar surface area (TPSA) is 46.5 Å². The van der Waals surface area contributed by atoms with Crippen LogP contribution in [0.1, 0.15) is 71.4 Å². The maximum atomic E-state index is 11.1.